The van der Waals surface area contributed by atoms with Gasteiger partial charge in [0.05, 0.1) is 0 Å². The molecule has 0 bridgehead atoms. The first-order valence-electron chi connectivity index (χ1n) is 8.54. The van der Waals surface area contributed by atoms with Crippen molar-refractivity contribution in [1.29, 1.82) is 0 Å². The van der Waals surface area contributed by atoms with Crippen molar-refractivity contribution in [3.63, 3.8) is 0 Å². The third-order valence-electron chi connectivity index (χ3n) is 4.74. The highest BCUT2D eigenvalue weighted by atomic mass is 19.2. The van der Waals surface area contributed by atoms with E-state index >= 15 is 0 Å². The van der Waals surface area contributed by atoms with Gasteiger partial charge >= 0.3 is 0 Å². The van der Waals surface area contributed by atoms with Gasteiger partial charge in [-0.2, -0.15) is 0 Å². The minimum Gasteiger partial charge on any atom is -0.206 e. The van der Waals surface area contributed by atoms with Crippen molar-refractivity contribution in [2.24, 2.45) is 0 Å². The fourth-order valence-corrected chi connectivity index (χ4v) is 3.38. The van der Waals surface area contributed by atoms with E-state index in [1.54, 1.807) is 24.3 Å². The van der Waals surface area contributed by atoms with Crippen LogP contribution in [-0.4, -0.2) is 0 Å². The molecule has 0 heterocycles. The van der Waals surface area contributed by atoms with E-state index in [0.717, 1.165) is 17.6 Å². The quantitative estimate of drug-likeness (QED) is 0.635. The Morgan fingerprint density at radius 3 is 2.29 bits per heavy atom. The molecule has 2 aromatic rings. The molecular weight excluding hydrogens is 309 g/mol. The van der Waals surface area contributed by atoms with Crippen LogP contribution in [0.25, 0.3) is 11.6 Å². The standard InChI is InChI=1S/C21H21F3/c1-3-5-14-8-10-18(21(24)20(14)23)16-9-11-17-15(12-16)7-6-13(4-2)19(17)22/h6-8,10,12H,3-5,9,11H2,1-2H3. The van der Waals surface area contributed by atoms with Crippen LogP contribution < -0.4 is 0 Å². The number of aryl methyl sites for hydroxylation is 2. The summed E-state index contributed by atoms with van der Waals surface area (Å²) in [7, 11) is 0. The van der Waals surface area contributed by atoms with E-state index in [4.69, 9.17) is 0 Å². The SMILES string of the molecule is CCCc1ccc(C2=Cc3ccc(CC)c(F)c3CC2)c(F)c1F. The highest BCUT2D eigenvalue weighted by Crippen LogP contribution is 2.34. The molecule has 0 spiro atoms. The van der Waals surface area contributed by atoms with Crippen LogP contribution in [0.1, 0.15) is 54.5 Å². The molecule has 0 fully saturated rings. The molecule has 0 atom stereocenters. The van der Waals surface area contributed by atoms with Gasteiger partial charge in [-0.05, 0) is 53.5 Å². The Labute approximate surface area is 141 Å². The molecule has 0 nitrogen and oxygen atoms in total. The molecule has 0 N–H and O–H groups in total. The Bertz CT molecular complexity index is 803. The summed E-state index contributed by atoms with van der Waals surface area (Å²) in [6, 6.07) is 6.95. The third-order valence-corrected chi connectivity index (χ3v) is 4.74. The lowest BCUT2D eigenvalue weighted by Crippen LogP contribution is -2.06. The normalized spacial score (nSPS) is 13.6. The molecule has 126 valence electrons. The maximum Gasteiger partial charge on any atom is 0.166 e. The van der Waals surface area contributed by atoms with Crippen LogP contribution in [0.5, 0.6) is 0 Å². The van der Waals surface area contributed by atoms with Crippen LogP contribution >= 0.6 is 0 Å². The monoisotopic (exact) mass is 330 g/mol. The molecule has 24 heavy (non-hydrogen) atoms. The Morgan fingerprint density at radius 1 is 0.833 bits per heavy atom. The van der Waals surface area contributed by atoms with Crippen LogP contribution in [-0.2, 0) is 19.3 Å². The molecule has 0 unspecified atom stereocenters. The Balaban J connectivity index is 2.03. The zero-order valence-electron chi connectivity index (χ0n) is 14.1. The molecule has 1 aliphatic rings. The number of fused-ring (bicyclic) bond motifs is 1. The number of allylic oxidation sites excluding steroid dienone is 1. The number of halogens is 3. The van der Waals surface area contributed by atoms with Crippen LogP contribution in [0.4, 0.5) is 13.2 Å². The summed E-state index contributed by atoms with van der Waals surface area (Å²) in [6.07, 6.45) is 4.76. The summed E-state index contributed by atoms with van der Waals surface area (Å²) in [5.41, 5.74) is 3.58. The predicted molar refractivity (Wildman–Crippen MR) is 92.3 cm³/mol. The highest BCUT2D eigenvalue weighted by Gasteiger charge is 2.21. The lowest BCUT2D eigenvalue weighted by Gasteiger charge is -2.19. The van der Waals surface area contributed by atoms with E-state index < -0.39 is 11.6 Å². The van der Waals surface area contributed by atoms with E-state index in [1.807, 2.05) is 19.9 Å². The van der Waals surface area contributed by atoms with Gasteiger partial charge < -0.3 is 0 Å². The van der Waals surface area contributed by atoms with Crippen molar-refractivity contribution in [2.45, 2.75) is 46.0 Å². The molecule has 0 amide bonds. The fourth-order valence-electron chi connectivity index (χ4n) is 3.38. The van der Waals surface area contributed by atoms with Gasteiger partial charge in [0.25, 0.3) is 0 Å². The van der Waals surface area contributed by atoms with Crippen LogP contribution in [0.3, 0.4) is 0 Å². The topological polar surface area (TPSA) is 0 Å². The van der Waals surface area contributed by atoms with E-state index in [0.29, 0.717) is 42.4 Å². The average molecular weight is 330 g/mol. The van der Waals surface area contributed by atoms with Gasteiger partial charge in [0.1, 0.15) is 5.82 Å². The van der Waals surface area contributed by atoms with E-state index in [-0.39, 0.29) is 11.4 Å². The zero-order valence-corrected chi connectivity index (χ0v) is 14.1. The van der Waals surface area contributed by atoms with Crippen molar-refractivity contribution in [3.05, 3.63) is 69.5 Å². The Kier molecular flexibility index (Phi) is 4.79. The maximum absolute atomic E-state index is 14.5. The second kappa shape index (κ2) is 6.84. The van der Waals surface area contributed by atoms with Crippen molar-refractivity contribution in [2.75, 3.05) is 0 Å². The molecule has 0 saturated heterocycles. The van der Waals surface area contributed by atoms with Crippen molar-refractivity contribution in [3.8, 4) is 0 Å². The molecule has 1 aliphatic carbocycles. The molecule has 0 radical (unpaired) electrons. The lowest BCUT2D eigenvalue weighted by atomic mass is 9.86. The molecule has 2 aromatic carbocycles. The second-order valence-electron chi connectivity index (χ2n) is 6.28. The first kappa shape index (κ1) is 16.8. The van der Waals surface area contributed by atoms with Gasteiger partial charge in [-0.3, -0.25) is 0 Å². The summed E-state index contributed by atoms with van der Waals surface area (Å²) in [6.45, 7) is 3.86. The van der Waals surface area contributed by atoms with Gasteiger partial charge in [-0.25, -0.2) is 13.2 Å². The van der Waals surface area contributed by atoms with Crippen molar-refractivity contribution >= 4 is 11.6 Å². The first-order valence-corrected chi connectivity index (χ1v) is 8.54. The lowest BCUT2D eigenvalue weighted by molar-refractivity contribution is 0.495. The molecular formula is C21H21F3. The van der Waals surface area contributed by atoms with E-state index in [1.165, 1.54) is 0 Å². The Hall–Kier alpha value is -2.03. The number of hydrogen-bond donors (Lipinski definition) is 0. The summed E-state index contributed by atoms with van der Waals surface area (Å²) in [5, 5.41) is 0. The molecule has 0 aliphatic heterocycles. The second-order valence-corrected chi connectivity index (χ2v) is 6.28. The van der Waals surface area contributed by atoms with Gasteiger partial charge in [-0.15, -0.1) is 0 Å². The van der Waals surface area contributed by atoms with Crippen LogP contribution in [0, 0.1) is 17.5 Å². The number of rotatable bonds is 4. The molecule has 0 saturated carbocycles. The number of hydrogen-bond acceptors (Lipinski definition) is 0. The summed E-state index contributed by atoms with van der Waals surface area (Å²) < 4.78 is 43.1. The molecule has 0 aromatic heterocycles. The molecule has 3 rings (SSSR count). The highest BCUT2D eigenvalue weighted by molar-refractivity contribution is 5.84. The van der Waals surface area contributed by atoms with Gasteiger partial charge in [-0.1, -0.05) is 50.6 Å². The van der Waals surface area contributed by atoms with E-state index in [9.17, 15) is 13.2 Å². The van der Waals surface area contributed by atoms with Crippen molar-refractivity contribution < 1.29 is 13.2 Å². The minimum absolute atomic E-state index is 0.157. The summed E-state index contributed by atoms with van der Waals surface area (Å²) in [5.74, 6) is -1.70. The number of benzene rings is 2. The Morgan fingerprint density at radius 2 is 1.58 bits per heavy atom. The van der Waals surface area contributed by atoms with Crippen LogP contribution in [0.2, 0.25) is 0 Å². The summed E-state index contributed by atoms with van der Waals surface area (Å²) >= 11 is 0. The smallest absolute Gasteiger partial charge is 0.166 e. The fraction of sp³-hybridized carbons (Fsp3) is 0.333. The van der Waals surface area contributed by atoms with Gasteiger partial charge in [0.2, 0.25) is 0 Å². The van der Waals surface area contributed by atoms with Crippen LogP contribution in [0.15, 0.2) is 24.3 Å². The van der Waals surface area contributed by atoms with Crippen molar-refractivity contribution in [1.82, 2.24) is 0 Å². The zero-order chi connectivity index (χ0) is 17.3. The average Bonchev–Trinajstić information content (AvgIpc) is 2.59. The largest absolute Gasteiger partial charge is 0.206 e. The third kappa shape index (κ3) is 2.88. The first-order chi connectivity index (χ1) is 11.6. The minimum atomic E-state index is -0.790. The predicted octanol–water partition coefficient (Wildman–Crippen LogP) is 6.11. The van der Waals surface area contributed by atoms with E-state index in [2.05, 4.69) is 0 Å². The summed E-state index contributed by atoms with van der Waals surface area (Å²) in [4.78, 5) is 0. The van der Waals surface area contributed by atoms with Gasteiger partial charge in [0.15, 0.2) is 11.6 Å². The van der Waals surface area contributed by atoms with Gasteiger partial charge in [0, 0.05) is 5.56 Å². The maximum atomic E-state index is 14.5. The molecule has 3 heteroatoms.